The summed E-state index contributed by atoms with van der Waals surface area (Å²) in [4.78, 5) is 0. The zero-order valence-electron chi connectivity index (χ0n) is 16.5. The van der Waals surface area contributed by atoms with E-state index in [0.717, 1.165) is 33.4 Å². The van der Waals surface area contributed by atoms with Gasteiger partial charge in [-0.1, -0.05) is 121 Å². The monoisotopic (exact) mass is 370 g/mol. The molecule has 0 spiro atoms. The van der Waals surface area contributed by atoms with Gasteiger partial charge in [-0.05, 0) is 35.7 Å². The van der Waals surface area contributed by atoms with Gasteiger partial charge in [0.15, 0.2) is 0 Å². The van der Waals surface area contributed by atoms with Crippen molar-refractivity contribution in [2.45, 2.75) is 6.92 Å². The van der Waals surface area contributed by atoms with Gasteiger partial charge in [-0.2, -0.15) is 0 Å². The van der Waals surface area contributed by atoms with Gasteiger partial charge in [-0.15, -0.1) is 0 Å². The first-order valence-electron chi connectivity index (χ1n) is 9.80. The second kappa shape index (κ2) is 8.91. The van der Waals surface area contributed by atoms with E-state index in [4.69, 9.17) is 0 Å². The molecule has 0 N–H and O–H groups in total. The maximum Gasteiger partial charge on any atom is 0.0405 e. The molecular weight excluding hydrogens is 348 g/mol. The topological polar surface area (TPSA) is 0 Å². The molecule has 0 unspecified atom stereocenters. The molecule has 0 aliphatic rings. The van der Waals surface area contributed by atoms with Crippen LogP contribution in [0.25, 0.3) is 11.1 Å². The van der Waals surface area contributed by atoms with E-state index in [1.165, 1.54) is 5.56 Å². The largest absolute Gasteiger partial charge is 0.0622 e. The van der Waals surface area contributed by atoms with Crippen LogP contribution in [0.4, 0.5) is 0 Å². The van der Waals surface area contributed by atoms with Crippen molar-refractivity contribution in [1.29, 1.82) is 0 Å². The molecule has 29 heavy (non-hydrogen) atoms. The average Bonchev–Trinajstić information content (AvgIpc) is 2.79. The van der Waals surface area contributed by atoms with Gasteiger partial charge in [0.2, 0.25) is 0 Å². The van der Waals surface area contributed by atoms with Crippen LogP contribution in [0.1, 0.15) is 27.8 Å². The molecule has 0 heteroatoms. The van der Waals surface area contributed by atoms with Crippen molar-refractivity contribution in [2.75, 3.05) is 0 Å². The van der Waals surface area contributed by atoms with Crippen LogP contribution in [0.3, 0.4) is 0 Å². The highest BCUT2D eigenvalue weighted by Crippen LogP contribution is 2.32. The number of hydrogen-bond acceptors (Lipinski definition) is 0. The van der Waals surface area contributed by atoms with Crippen molar-refractivity contribution >= 4 is 11.1 Å². The molecule has 4 aromatic rings. The van der Waals surface area contributed by atoms with E-state index in [1.807, 2.05) is 18.2 Å². The van der Waals surface area contributed by atoms with Crippen molar-refractivity contribution < 1.29 is 0 Å². The minimum Gasteiger partial charge on any atom is -0.0622 e. The molecule has 0 nitrogen and oxygen atoms in total. The van der Waals surface area contributed by atoms with Crippen LogP contribution in [0.5, 0.6) is 0 Å². The molecule has 0 radical (unpaired) electrons. The molecule has 0 fully saturated rings. The summed E-state index contributed by atoms with van der Waals surface area (Å²) in [7, 11) is 0. The maximum atomic E-state index is 3.50. The molecule has 4 rings (SSSR count). The molecule has 0 aliphatic carbocycles. The Labute approximate surface area is 173 Å². The van der Waals surface area contributed by atoms with Crippen molar-refractivity contribution in [1.82, 2.24) is 0 Å². The summed E-state index contributed by atoms with van der Waals surface area (Å²) in [6, 6.07) is 39.8. The summed E-state index contributed by atoms with van der Waals surface area (Å²) in [5.41, 5.74) is 7.88. The Morgan fingerprint density at radius 3 is 1.45 bits per heavy atom. The van der Waals surface area contributed by atoms with Crippen LogP contribution in [0.15, 0.2) is 115 Å². The number of allylic oxidation sites excluding steroid dienone is 1. The smallest absolute Gasteiger partial charge is 0.0405 e. The van der Waals surface area contributed by atoms with Crippen LogP contribution in [-0.4, -0.2) is 0 Å². The Kier molecular flexibility index (Phi) is 5.70. The first kappa shape index (κ1) is 18.5. The number of hydrogen-bond donors (Lipinski definition) is 0. The molecule has 0 amide bonds. The number of aryl methyl sites for hydroxylation is 1. The van der Waals surface area contributed by atoms with Crippen LogP contribution >= 0.6 is 0 Å². The van der Waals surface area contributed by atoms with Gasteiger partial charge in [0.25, 0.3) is 0 Å². The molecule has 0 saturated carbocycles. The SMILES string of the molecule is Cc1ccc(C#CC(=C(c2ccccc2)c2ccccc2)c2ccccc2)cc1. The van der Waals surface area contributed by atoms with E-state index in [-0.39, 0.29) is 0 Å². The summed E-state index contributed by atoms with van der Waals surface area (Å²) in [6.45, 7) is 2.09. The zero-order chi connectivity index (χ0) is 19.9. The lowest BCUT2D eigenvalue weighted by atomic mass is 9.89. The first-order valence-corrected chi connectivity index (χ1v) is 9.80. The lowest BCUT2D eigenvalue weighted by molar-refractivity contribution is 1.46. The highest BCUT2D eigenvalue weighted by Gasteiger charge is 2.12. The summed E-state index contributed by atoms with van der Waals surface area (Å²) in [5, 5.41) is 0. The van der Waals surface area contributed by atoms with E-state index in [0.29, 0.717) is 0 Å². The fraction of sp³-hybridized carbons (Fsp3) is 0.0345. The molecule has 0 aromatic heterocycles. The van der Waals surface area contributed by atoms with Crippen molar-refractivity contribution in [2.24, 2.45) is 0 Å². The quantitative estimate of drug-likeness (QED) is 0.269. The van der Waals surface area contributed by atoms with Gasteiger partial charge in [0.1, 0.15) is 0 Å². The zero-order valence-corrected chi connectivity index (χ0v) is 16.5. The van der Waals surface area contributed by atoms with Gasteiger partial charge in [-0.25, -0.2) is 0 Å². The Morgan fingerprint density at radius 1 is 0.517 bits per heavy atom. The van der Waals surface area contributed by atoms with E-state index in [2.05, 4.69) is 116 Å². The summed E-state index contributed by atoms with van der Waals surface area (Å²) >= 11 is 0. The Balaban J connectivity index is 1.98. The van der Waals surface area contributed by atoms with Gasteiger partial charge in [0.05, 0.1) is 0 Å². The Morgan fingerprint density at radius 2 is 0.966 bits per heavy atom. The minimum atomic E-state index is 1.02. The fourth-order valence-electron chi connectivity index (χ4n) is 3.32. The van der Waals surface area contributed by atoms with Crippen molar-refractivity contribution in [3.05, 3.63) is 143 Å². The third-order valence-corrected chi connectivity index (χ3v) is 4.82. The number of benzene rings is 4. The van der Waals surface area contributed by atoms with Gasteiger partial charge in [0, 0.05) is 16.7 Å². The molecule has 0 saturated heterocycles. The maximum absolute atomic E-state index is 3.50. The van der Waals surface area contributed by atoms with Crippen molar-refractivity contribution in [3.63, 3.8) is 0 Å². The minimum absolute atomic E-state index is 1.02. The third kappa shape index (κ3) is 4.54. The molecule has 138 valence electrons. The summed E-state index contributed by atoms with van der Waals surface area (Å²) < 4.78 is 0. The second-order valence-corrected chi connectivity index (χ2v) is 6.96. The first-order chi connectivity index (χ1) is 14.3. The lowest BCUT2D eigenvalue weighted by Crippen LogP contribution is -1.94. The average molecular weight is 370 g/mol. The molecule has 0 atom stereocenters. The van der Waals surface area contributed by atoms with E-state index in [1.54, 1.807) is 0 Å². The predicted molar refractivity (Wildman–Crippen MR) is 123 cm³/mol. The molecule has 4 aromatic carbocycles. The molecule has 0 aliphatic heterocycles. The lowest BCUT2D eigenvalue weighted by Gasteiger charge is -2.13. The number of rotatable bonds is 3. The highest BCUT2D eigenvalue weighted by atomic mass is 14.1. The van der Waals surface area contributed by atoms with E-state index in [9.17, 15) is 0 Å². The Bertz CT molecular complexity index is 1110. The molecule has 0 bridgehead atoms. The second-order valence-electron chi connectivity index (χ2n) is 6.96. The predicted octanol–water partition coefficient (Wildman–Crippen LogP) is 7.01. The standard InChI is InChI=1S/C29H22/c1-23-17-19-24(20-18-23)21-22-28(25-11-5-2-6-12-25)29(26-13-7-3-8-14-26)27-15-9-4-10-16-27/h2-20H,1H3. The normalized spacial score (nSPS) is 9.97. The fourth-order valence-corrected chi connectivity index (χ4v) is 3.32. The van der Waals surface area contributed by atoms with Crippen molar-refractivity contribution in [3.8, 4) is 11.8 Å². The van der Waals surface area contributed by atoms with E-state index < -0.39 is 0 Å². The van der Waals surface area contributed by atoms with Gasteiger partial charge >= 0.3 is 0 Å². The molecular formula is C29H22. The van der Waals surface area contributed by atoms with Gasteiger partial charge in [-0.3, -0.25) is 0 Å². The van der Waals surface area contributed by atoms with Crippen LogP contribution < -0.4 is 0 Å². The highest BCUT2D eigenvalue weighted by molar-refractivity contribution is 6.04. The van der Waals surface area contributed by atoms with Crippen LogP contribution in [-0.2, 0) is 0 Å². The Hall–Kier alpha value is -3.82. The van der Waals surface area contributed by atoms with Gasteiger partial charge < -0.3 is 0 Å². The third-order valence-electron chi connectivity index (χ3n) is 4.82. The van der Waals surface area contributed by atoms with Crippen LogP contribution in [0.2, 0.25) is 0 Å². The summed E-state index contributed by atoms with van der Waals surface area (Å²) in [5.74, 6) is 6.88. The summed E-state index contributed by atoms with van der Waals surface area (Å²) in [6.07, 6.45) is 0. The van der Waals surface area contributed by atoms with E-state index >= 15 is 0 Å². The molecule has 0 heterocycles. The van der Waals surface area contributed by atoms with Crippen LogP contribution in [0, 0.1) is 18.8 Å².